The second-order valence-corrected chi connectivity index (χ2v) is 6.45. The highest BCUT2D eigenvalue weighted by atomic mass is 16.5. The minimum atomic E-state index is 0.435. The normalized spacial score (nSPS) is 19.3. The summed E-state index contributed by atoms with van der Waals surface area (Å²) in [7, 11) is 1.84. The summed E-state index contributed by atoms with van der Waals surface area (Å²) in [5, 5.41) is 3.65. The quantitative estimate of drug-likeness (QED) is 0.734. The predicted octanol–water partition coefficient (Wildman–Crippen LogP) is 2.90. The molecular weight excluding hydrogens is 236 g/mol. The molecule has 0 aromatic carbocycles. The molecule has 0 aliphatic carbocycles. The topological polar surface area (TPSA) is 24.5 Å². The summed E-state index contributed by atoms with van der Waals surface area (Å²) in [6, 6.07) is 0.580. The molecule has 3 heteroatoms. The van der Waals surface area contributed by atoms with Crippen LogP contribution in [0.15, 0.2) is 0 Å². The number of likely N-dealkylation sites (tertiary alicyclic amines) is 1. The van der Waals surface area contributed by atoms with Gasteiger partial charge in [0.1, 0.15) is 0 Å². The van der Waals surface area contributed by atoms with Crippen molar-refractivity contribution < 1.29 is 4.74 Å². The highest BCUT2D eigenvalue weighted by Gasteiger charge is 2.30. The highest BCUT2D eigenvalue weighted by Crippen LogP contribution is 2.28. The number of hydrogen-bond acceptors (Lipinski definition) is 3. The molecule has 0 radical (unpaired) electrons. The molecule has 0 saturated carbocycles. The molecule has 1 saturated heterocycles. The lowest BCUT2D eigenvalue weighted by atomic mass is 9.81. The molecule has 1 aliphatic rings. The Morgan fingerprint density at radius 2 is 1.79 bits per heavy atom. The summed E-state index contributed by atoms with van der Waals surface area (Å²) in [6.45, 7) is 13.9. The molecule has 1 aliphatic heterocycles. The highest BCUT2D eigenvalue weighted by molar-refractivity contribution is 4.85. The molecule has 1 rings (SSSR count). The van der Waals surface area contributed by atoms with E-state index in [0.717, 1.165) is 6.54 Å². The lowest BCUT2D eigenvalue weighted by Gasteiger charge is -2.40. The van der Waals surface area contributed by atoms with E-state index in [4.69, 9.17) is 4.74 Å². The van der Waals surface area contributed by atoms with Gasteiger partial charge in [-0.2, -0.15) is 0 Å². The molecule has 1 heterocycles. The second-order valence-electron chi connectivity index (χ2n) is 6.45. The largest absolute Gasteiger partial charge is 0.381 e. The molecule has 0 unspecified atom stereocenters. The first-order valence-corrected chi connectivity index (χ1v) is 8.03. The number of rotatable bonds is 8. The van der Waals surface area contributed by atoms with Crippen LogP contribution < -0.4 is 5.32 Å². The van der Waals surface area contributed by atoms with Crippen molar-refractivity contribution in [1.29, 1.82) is 0 Å². The summed E-state index contributed by atoms with van der Waals surface area (Å²) < 4.78 is 5.46. The maximum atomic E-state index is 5.46. The summed E-state index contributed by atoms with van der Waals surface area (Å²) in [4.78, 5) is 2.64. The van der Waals surface area contributed by atoms with Crippen LogP contribution in [0.2, 0.25) is 0 Å². The molecule has 19 heavy (non-hydrogen) atoms. The van der Waals surface area contributed by atoms with E-state index in [1.807, 2.05) is 7.11 Å². The third kappa shape index (κ3) is 5.41. The Balaban J connectivity index is 2.48. The Morgan fingerprint density at radius 1 is 1.21 bits per heavy atom. The van der Waals surface area contributed by atoms with Crippen molar-refractivity contribution in [2.24, 2.45) is 5.41 Å². The SMILES string of the molecule is CCC(CC)(CNC(C)C)CN1CCC(OC)CC1. The van der Waals surface area contributed by atoms with Crippen molar-refractivity contribution in [3.05, 3.63) is 0 Å². The van der Waals surface area contributed by atoms with Crippen molar-refractivity contribution in [2.45, 2.75) is 65.5 Å². The van der Waals surface area contributed by atoms with Gasteiger partial charge in [0, 0.05) is 39.3 Å². The van der Waals surface area contributed by atoms with Crippen LogP contribution in [0.3, 0.4) is 0 Å². The maximum Gasteiger partial charge on any atom is 0.0595 e. The van der Waals surface area contributed by atoms with E-state index in [9.17, 15) is 0 Å². The van der Waals surface area contributed by atoms with Crippen molar-refractivity contribution >= 4 is 0 Å². The van der Waals surface area contributed by atoms with Crippen molar-refractivity contribution in [3.8, 4) is 0 Å². The van der Waals surface area contributed by atoms with Gasteiger partial charge in [-0.15, -0.1) is 0 Å². The van der Waals surface area contributed by atoms with Gasteiger partial charge in [-0.3, -0.25) is 0 Å². The smallest absolute Gasteiger partial charge is 0.0595 e. The predicted molar refractivity (Wildman–Crippen MR) is 82.6 cm³/mol. The molecule has 0 aromatic heterocycles. The molecule has 0 amide bonds. The second kappa shape index (κ2) is 8.23. The van der Waals surface area contributed by atoms with Crippen molar-refractivity contribution in [1.82, 2.24) is 10.2 Å². The van der Waals surface area contributed by atoms with E-state index < -0.39 is 0 Å². The number of methoxy groups -OCH3 is 1. The summed E-state index contributed by atoms with van der Waals surface area (Å²) >= 11 is 0. The average Bonchev–Trinajstić information content (AvgIpc) is 2.44. The van der Waals surface area contributed by atoms with E-state index in [2.05, 4.69) is 37.9 Å². The summed E-state index contributed by atoms with van der Waals surface area (Å²) in [5.41, 5.74) is 0.435. The molecule has 0 bridgehead atoms. The van der Waals surface area contributed by atoms with Crippen molar-refractivity contribution in [3.63, 3.8) is 0 Å². The summed E-state index contributed by atoms with van der Waals surface area (Å²) in [6.07, 6.45) is 5.39. The lowest BCUT2D eigenvalue weighted by Crippen LogP contribution is -2.48. The first-order valence-electron chi connectivity index (χ1n) is 8.03. The van der Waals surface area contributed by atoms with Gasteiger partial charge in [-0.1, -0.05) is 27.7 Å². The van der Waals surface area contributed by atoms with E-state index in [0.29, 0.717) is 17.6 Å². The van der Waals surface area contributed by atoms with Gasteiger partial charge in [0.05, 0.1) is 6.10 Å². The zero-order valence-electron chi connectivity index (χ0n) is 13.7. The number of hydrogen-bond donors (Lipinski definition) is 1. The molecule has 3 nitrogen and oxygen atoms in total. The molecular formula is C16H34N2O. The first kappa shape index (κ1) is 16.9. The fourth-order valence-corrected chi connectivity index (χ4v) is 2.98. The molecule has 1 N–H and O–H groups in total. The van der Waals surface area contributed by atoms with Crippen LogP contribution in [0.25, 0.3) is 0 Å². The standard InChI is InChI=1S/C16H34N2O/c1-6-16(7-2,12-17-14(3)4)13-18-10-8-15(19-5)9-11-18/h14-15,17H,6-13H2,1-5H3. The van der Waals surface area contributed by atoms with E-state index in [-0.39, 0.29) is 0 Å². The Kier molecular flexibility index (Phi) is 7.33. The summed E-state index contributed by atoms with van der Waals surface area (Å²) in [5.74, 6) is 0. The lowest BCUT2D eigenvalue weighted by molar-refractivity contribution is 0.0239. The first-order chi connectivity index (χ1) is 9.05. The van der Waals surface area contributed by atoms with Crippen LogP contribution in [0, 0.1) is 5.41 Å². The molecule has 0 aromatic rings. The average molecular weight is 270 g/mol. The van der Waals surface area contributed by atoms with Crippen LogP contribution in [-0.2, 0) is 4.74 Å². The van der Waals surface area contributed by atoms with Crippen LogP contribution in [-0.4, -0.2) is 50.3 Å². The monoisotopic (exact) mass is 270 g/mol. The Labute approximate surface area is 120 Å². The van der Waals surface area contributed by atoms with E-state index in [1.165, 1.54) is 45.3 Å². The van der Waals surface area contributed by atoms with Gasteiger partial charge >= 0.3 is 0 Å². The van der Waals surface area contributed by atoms with Crippen LogP contribution in [0.1, 0.15) is 53.4 Å². The van der Waals surface area contributed by atoms with Crippen LogP contribution in [0.5, 0.6) is 0 Å². The molecule has 1 fully saturated rings. The Bertz CT molecular complexity index is 231. The molecule has 0 spiro atoms. The van der Waals surface area contributed by atoms with Gasteiger partial charge in [-0.05, 0) is 31.1 Å². The molecule has 114 valence electrons. The van der Waals surface area contributed by atoms with Crippen molar-refractivity contribution in [2.75, 3.05) is 33.3 Å². The van der Waals surface area contributed by atoms with E-state index in [1.54, 1.807) is 0 Å². The third-order valence-electron chi connectivity index (χ3n) is 4.81. The maximum absolute atomic E-state index is 5.46. The number of ether oxygens (including phenoxy) is 1. The van der Waals surface area contributed by atoms with Gasteiger partial charge < -0.3 is 15.0 Å². The Hall–Kier alpha value is -0.120. The van der Waals surface area contributed by atoms with Crippen LogP contribution in [0.4, 0.5) is 0 Å². The fraction of sp³-hybridized carbons (Fsp3) is 1.00. The third-order valence-corrected chi connectivity index (χ3v) is 4.81. The fourth-order valence-electron chi connectivity index (χ4n) is 2.98. The zero-order chi connectivity index (χ0) is 14.3. The minimum Gasteiger partial charge on any atom is -0.381 e. The van der Waals surface area contributed by atoms with Gasteiger partial charge in [-0.25, -0.2) is 0 Å². The minimum absolute atomic E-state index is 0.435. The number of nitrogens with zero attached hydrogens (tertiary/aromatic N) is 1. The number of piperidine rings is 1. The van der Waals surface area contributed by atoms with Crippen LogP contribution >= 0.6 is 0 Å². The van der Waals surface area contributed by atoms with E-state index >= 15 is 0 Å². The Morgan fingerprint density at radius 3 is 2.21 bits per heavy atom. The zero-order valence-corrected chi connectivity index (χ0v) is 13.7. The van der Waals surface area contributed by atoms with Gasteiger partial charge in [0.25, 0.3) is 0 Å². The number of nitrogens with one attached hydrogen (secondary N) is 1. The van der Waals surface area contributed by atoms with Gasteiger partial charge in [0.15, 0.2) is 0 Å². The molecule has 0 atom stereocenters. The van der Waals surface area contributed by atoms with Gasteiger partial charge in [0.2, 0.25) is 0 Å².